The fraction of sp³-hybridized carbons (Fsp3) is 0.294. The molecule has 0 saturated carbocycles. The van der Waals surface area contributed by atoms with Gasteiger partial charge in [0.1, 0.15) is 0 Å². The number of pyridine rings is 2. The summed E-state index contributed by atoms with van der Waals surface area (Å²) in [6.45, 7) is 8.57. The van der Waals surface area contributed by atoms with Gasteiger partial charge in [-0.15, -0.1) is 0 Å². The van der Waals surface area contributed by atoms with E-state index < -0.39 is 0 Å². The summed E-state index contributed by atoms with van der Waals surface area (Å²) in [6.07, 6.45) is 5.34. The van der Waals surface area contributed by atoms with E-state index in [0.29, 0.717) is 11.4 Å². The Morgan fingerprint density at radius 2 is 1.95 bits per heavy atom. The van der Waals surface area contributed by atoms with Crippen LogP contribution in [0.1, 0.15) is 25.1 Å². The first-order valence-electron chi connectivity index (χ1n) is 7.08. The number of nitrogens with zero attached hydrogens (tertiary/aromatic N) is 3. The zero-order chi connectivity index (χ0) is 15.8. The van der Waals surface area contributed by atoms with Crippen molar-refractivity contribution in [3.63, 3.8) is 0 Å². The van der Waals surface area contributed by atoms with Crippen molar-refractivity contribution in [2.24, 2.45) is 0 Å². The number of hydrogen-bond donors (Lipinski definition) is 1. The van der Waals surface area contributed by atoms with Crippen LogP contribution in [0.2, 0.25) is 0 Å². The minimum absolute atomic E-state index is 0.635. The van der Waals surface area contributed by atoms with Gasteiger partial charge in [0.15, 0.2) is 0 Å². The van der Waals surface area contributed by atoms with Crippen molar-refractivity contribution in [3.05, 3.63) is 48.4 Å². The van der Waals surface area contributed by atoms with Crippen molar-refractivity contribution in [1.82, 2.24) is 14.9 Å². The lowest BCUT2D eigenvalue weighted by Crippen LogP contribution is -2.10. The third-order valence-electron chi connectivity index (χ3n) is 2.74. The van der Waals surface area contributed by atoms with Gasteiger partial charge in [-0.05, 0) is 43.9 Å². The Morgan fingerprint density at radius 1 is 1.24 bits per heavy atom. The molecule has 112 valence electrons. The molecule has 2 rings (SSSR count). The quantitative estimate of drug-likeness (QED) is 0.934. The molecule has 0 spiro atoms. The minimum Gasteiger partial charge on any atom is -0.397 e. The molecule has 0 amide bonds. The average Bonchev–Trinajstić information content (AvgIpc) is 2.49. The monoisotopic (exact) mass is 284 g/mol. The van der Waals surface area contributed by atoms with Crippen LogP contribution in [-0.2, 0) is 6.54 Å². The largest absolute Gasteiger partial charge is 0.397 e. The molecule has 0 saturated heterocycles. The van der Waals surface area contributed by atoms with Gasteiger partial charge < -0.3 is 10.6 Å². The predicted octanol–water partition coefficient (Wildman–Crippen LogP) is 3.46. The van der Waals surface area contributed by atoms with Crippen molar-refractivity contribution < 1.29 is 0 Å². The smallest absolute Gasteiger partial charge is 0.0860 e. The molecule has 0 bridgehead atoms. The van der Waals surface area contributed by atoms with Gasteiger partial charge in [0, 0.05) is 24.5 Å². The summed E-state index contributed by atoms with van der Waals surface area (Å²) in [7, 11) is 4.06. The maximum absolute atomic E-state index is 5.82. The lowest BCUT2D eigenvalue weighted by Gasteiger charge is -2.10. The van der Waals surface area contributed by atoms with E-state index in [9.17, 15) is 0 Å². The highest BCUT2D eigenvalue weighted by Gasteiger charge is 2.05. The highest BCUT2D eigenvalue weighted by atomic mass is 15.0. The topological polar surface area (TPSA) is 55.0 Å². The molecule has 4 heteroatoms. The number of anilines is 1. The maximum atomic E-state index is 5.82. The molecule has 0 aliphatic rings. The summed E-state index contributed by atoms with van der Waals surface area (Å²) in [5, 5.41) is 0. The number of nitrogens with two attached hydrogens (primary N) is 1. The second-order valence-corrected chi connectivity index (χ2v) is 4.69. The van der Waals surface area contributed by atoms with Crippen LogP contribution in [0, 0.1) is 0 Å². The van der Waals surface area contributed by atoms with Crippen LogP contribution in [0.25, 0.3) is 17.3 Å². The Bertz CT molecular complexity index is 591. The first-order chi connectivity index (χ1) is 10.1. The summed E-state index contributed by atoms with van der Waals surface area (Å²) in [5.74, 6) is 0. The molecule has 0 radical (unpaired) electrons. The van der Waals surface area contributed by atoms with E-state index in [0.717, 1.165) is 23.4 Å². The number of nitrogen functional groups attached to an aromatic ring is 1. The number of hydrogen-bond acceptors (Lipinski definition) is 4. The fourth-order valence-electron chi connectivity index (χ4n) is 1.89. The third-order valence-corrected chi connectivity index (χ3v) is 2.74. The van der Waals surface area contributed by atoms with Crippen LogP contribution in [0.15, 0.2) is 37.2 Å². The molecule has 21 heavy (non-hydrogen) atoms. The van der Waals surface area contributed by atoms with Gasteiger partial charge in [0.2, 0.25) is 0 Å². The van der Waals surface area contributed by atoms with E-state index in [4.69, 9.17) is 5.73 Å². The highest BCUT2D eigenvalue weighted by molar-refractivity contribution is 5.67. The molecule has 0 fully saturated rings. The summed E-state index contributed by atoms with van der Waals surface area (Å²) in [6, 6.07) is 5.84. The van der Waals surface area contributed by atoms with Gasteiger partial charge in [-0.1, -0.05) is 20.4 Å². The Balaban J connectivity index is 0.00000106. The second kappa shape index (κ2) is 8.17. The van der Waals surface area contributed by atoms with E-state index in [-0.39, 0.29) is 0 Å². The molecule has 0 unspecified atom stereocenters. The zero-order valence-electron chi connectivity index (χ0n) is 13.3. The van der Waals surface area contributed by atoms with Crippen molar-refractivity contribution in [1.29, 1.82) is 0 Å². The SMILES string of the molecule is C=Cc1nc(-c2cncc(CN(C)C)c2)ccc1N.CC. The van der Waals surface area contributed by atoms with E-state index in [1.165, 1.54) is 0 Å². The van der Waals surface area contributed by atoms with Gasteiger partial charge in [-0.3, -0.25) is 4.98 Å². The summed E-state index contributed by atoms with van der Waals surface area (Å²) >= 11 is 0. The molecule has 2 N–H and O–H groups in total. The van der Waals surface area contributed by atoms with Crippen LogP contribution in [0.5, 0.6) is 0 Å². The molecule has 2 aromatic heterocycles. The first-order valence-corrected chi connectivity index (χ1v) is 7.08. The Hall–Kier alpha value is -2.20. The molecule has 0 aromatic carbocycles. The highest BCUT2D eigenvalue weighted by Crippen LogP contribution is 2.21. The molecule has 2 aromatic rings. The lowest BCUT2D eigenvalue weighted by atomic mass is 10.1. The zero-order valence-corrected chi connectivity index (χ0v) is 13.3. The van der Waals surface area contributed by atoms with Crippen molar-refractivity contribution in [3.8, 4) is 11.3 Å². The standard InChI is InChI=1S/C15H18N4.C2H6/c1-4-14-13(16)5-6-15(18-14)12-7-11(8-17-9-12)10-19(2)3;1-2/h4-9H,1,10,16H2,2-3H3;1-2H3. The van der Waals surface area contributed by atoms with E-state index in [1.807, 2.05) is 52.5 Å². The third kappa shape index (κ3) is 4.68. The Morgan fingerprint density at radius 3 is 2.57 bits per heavy atom. The Labute approximate surface area is 127 Å². The molecule has 0 aliphatic carbocycles. The van der Waals surface area contributed by atoms with Crippen LogP contribution < -0.4 is 5.73 Å². The number of aromatic nitrogens is 2. The van der Waals surface area contributed by atoms with Gasteiger partial charge in [-0.2, -0.15) is 0 Å². The van der Waals surface area contributed by atoms with Gasteiger partial charge in [0.25, 0.3) is 0 Å². The van der Waals surface area contributed by atoms with Crippen LogP contribution >= 0.6 is 0 Å². The van der Waals surface area contributed by atoms with Gasteiger partial charge >= 0.3 is 0 Å². The molecular formula is C17H24N4. The normalized spacial score (nSPS) is 9.95. The maximum Gasteiger partial charge on any atom is 0.0860 e. The van der Waals surface area contributed by atoms with Gasteiger partial charge in [-0.25, -0.2) is 4.98 Å². The molecule has 4 nitrogen and oxygen atoms in total. The summed E-state index contributed by atoms with van der Waals surface area (Å²) in [5.41, 5.74) is 10.2. The first kappa shape index (κ1) is 16.9. The van der Waals surface area contributed by atoms with Gasteiger partial charge in [0.05, 0.1) is 17.1 Å². The predicted molar refractivity (Wildman–Crippen MR) is 90.7 cm³/mol. The van der Waals surface area contributed by atoms with Crippen molar-refractivity contribution in [2.45, 2.75) is 20.4 Å². The van der Waals surface area contributed by atoms with Crippen molar-refractivity contribution >= 4 is 11.8 Å². The summed E-state index contributed by atoms with van der Waals surface area (Å²) in [4.78, 5) is 10.9. The molecule has 2 heterocycles. The van der Waals surface area contributed by atoms with E-state index >= 15 is 0 Å². The fourth-order valence-corrected chi connectivity index (χ4v) is 1.89. The molecular weight excluding hydrogens is 260 g/mol. The average molecular weight is 284 g/mol. The van der Waals surface area contributed by atoms with Crippen molar-refractivity contribution in [2.75, 3.05) is 19.8 Å². The van der Waals surface area contributed by atoms with Crippen LogP contribution in [0.3, 0.4) is 0 Å². The summed E-state index contributed by atoms with van der Waals surface area (Å²) < 4.78 is 0. The molecule has 0 atom stereocenters. The van der Waals surface area contributed by atoms with Crippen LogP contribution in [0.4, 0.5) is 5.69 Å². The number of rotatable bonds is 4. The van der Waals surface area contributed by atoms with Crippen LogP contribution in [-0.4, -0.2) is 29.0 Å². The molecule has 0 aliphatic heterocycles. The van der Waals surface area contributed by atoms with E-state index in [1.54, 1.807) is 6.08 Å². The second-order valence-electron chi connectivity index (χ2n) is 4.69. The van der Waals surface area contributed by atoms with E-state index in [2.05, 4.69) is 27.5 Å². The Kier molecular flexibility index (Phi) is 6.56. The lowest BCUT2D eigenvalue weighted by molar-refractivity contribution is 0.402. The minimum atomic E-state index is 0.635.